The van der Waals surface area contributed by atoms with Gasteiger partial charge in [-0.25, -0.2) is 9.59 Å². The van der Waals surface area contributed by atoms with E-state index in [1.807, 2.05) is 13.8 Å². The first-order valence-corrected chi connectivity index (χ1v) is 7.64. The molecule has 2 N–H and O–H groups in total. The molecule has 0 atom stereocenters. The van der Waals surface area contributed by atoms with Gasteiger partial charge in [-0.2, -0.15) is 5.26 Å². The third kappa shape index (κ3) is 6.85. The smallest absolute Gasteiger partial charge is 0.371 e. The first kappa shape index (κ1) is 19.7. The van der Waals surface area contributed by atoms with E-state index in [0.29, 0.717) is 23.1 Å². The molecule has 2 aromatic rings. The molecule has 1 aromatic carbocycles. The molecule has 2 rings (SSSR count). The highest BCUT2D eigenvalue weighted by atomic mass is 35.5. The van der Waals surface area contributed by atoms with Gasteiger partial charge < -0.3 is 14.4 Å². The molecule has 0 unspecified atom stereocenters. The van der Waals surface area contributed by atoms with Crippen LogP contribution in [0.3, 0.4) is 0 Å². The molecule has 0 aliphatic rings. The monoisotopic (exact) mass is 354 g/mol. The maximum atomic E-state index is 10.6. The molecule has 0 spiro atoms. The van der Waals surface area contributed by atoms with Crippen molar-refractivity contribution >= 4 is 23.5 Å². The number of halogens is 1. The fourth-order valence-electron chi connectivity index (χ4n) is 1.67. The summed E-state index contributed by atoms with van der Waals surface area (Å²) in [6.45, 7) is 4.01. The Morgan fingerprint density at radius 1 is 1.17 bits per heavy atom. The largest absolute Gasteiger partial charge is 0.475 e. The number of hydrogen-bond acceptors (Lipinski definition) is 5. The van der Waals surface area contributed by atoms with Gasteiger partial charge in [0.25, 0.3) is 0 Å². The molecule has 24 heavy (non-hydrogen) atoms. The first-order valence-electron chi connectivity index (χ1n) is 7.26. The second-order valence-electron chi connectivity index (χ2n) is 5.37. The van der Waals surface area contributed by atoms with Crippen LogP contribution >= 0.6 is 11.6 Å². The number of benzene rings is 1. The number of furan rings is 1. The Labute approximate surface area is 144 Å². The predicted octanol–water partition coefficient (Wildman–Crippen LogP) is 4.74. The third-order valence-corrected chi connectivity index (χ3v) is 3.23. The zero-order valence-corrected chi connectivity index (χ0v) is 14.1. The van der Waals surface area contributed by atoms with Gasteiger partial charge in [-0.15, -0.1) is 0 Å². The van der Waals surface area contributed by atoms with E-state index >= 15 is 0 Å². The van der Waals surface area contributed by atoms with E-state index in [1.165, 1.54) is 6.07 Å². The van der Waals surface area contributed by atoms with Crippen molar-refractivity contribution in [3.05, 3.63) is 47.2 Å². The van der Waals surface area contributed by atoms with E-state index in [4.69, 9.17) is 26.4 Å². The number of hydrogen-bond donors (Lipinski definition) is 2. The molecule has 0 aliphatic carbocycles. The van der Waals surface area contributed by atoms with Crippen LogP contribution in [0, 0.1) is 5.92 Å². The minimum atomic E-state index is -1.07. The van der Waals surface area contributed by atoms with Gasteiger partial charge in [0.2, 0.25) is 5.76 Å². The van der Waals surface area contributed by atoms with E-state index < -0.39 is 11.9 Å². The molecule has 6 nitrogen and oxygen atoms in total. The summed E-state index contributed by atoms with van der Waals surface area (Å²) < 4.78 is 5.13. The molecule has 0 saturated carbocycles. The second kappa shape index (κ2) is 9.75. The third-order valence-electron chi connectivity index (χ3n) is 2.97. The predicted molar refractivity (Wildman–Crippen MR) is 88.9 cm³/mol. The maximum Gasteiger partial charge on any atom is 0.371 e. The van der Waals surface area contributed by atoms with Crippen molar-refractivity contribution < 1.29 is 29.3 Å². The van der Waals surface area contributed by atoms with E-state index in [0.717, 1.165) is 12.0 Å². The molecular formula is C17H19ClO6. The lowest BCUT2D eigenvalue weighted by molar-refractivity contribution is -0.234. The first-order chi connectivity index (χ1) is 11.3. The Morgan fingerprint density at radius 3 is 2.25 bits per heavy atom. The van der Waals surface area contributed by atoms with Crippen LogP contribution in [-0.2, 0) is 9.68 Å². The highest BCUT2D eigenvalue weighted by Gasteiger charge is 2.09. The van der Waals surface area contributed by atoms with Gasteiger partial charge in [-0.1, -0.05) is 25.4 Å². The standard InChI is InChI=1S/C11H7ClO3.C6H12O3/c12-8-3-1-7(2-4-8)9-5-6-10(15-9)11(13)14;1-5(2)3-4-6(7)9-8/h1-6H,(H,13,14);5,8H,3-4H2,1-2H3. The van der Waals surface area contributed by atoms with Crippen molar-refractivity contribution in [3.63, 3.8) is 0 Å². The van der Waals surface area contributed by atoms with Gasteiger partial charge in [-0.05, 0) is 48.7 Å². The molecule has 0 aliphatic heterocycles. The van der Waals surface area contributed by atoms with Crippen molar-refractivity contribution in [2.24, 2.45) is 5.92 Å². The lowest BCUT2D eigenvalue weighted by Gasteiger charge is -1.99. The summed E-state index contributed by atoms with van der Waals surface area (Å²) in [6.07, 6.45) is 1.06. The van der Waals surface area contributed by atoms with Gasteiger partial charge in [0.15, 0.2) is 0 Å². The molecule has 0 radical (unpaired) electrons. The molecule has 1 aromatic heterocycles. The summed E-state index contributed by atoms with van der Waals surface area (Å²) in [5.74, 6) is -0.702. The van der Waals surface area contributed by atoms with Crippen LogP contribution in [0.1, 0.15) is 37.2 Å². The number of rotatable bonds is 5. The minimum absolute atomic E-state index is 0.0695. The Morgan fingerprint density at radius 2 is 1.79 bits per heavy atom. The highest BCUT2D eigenvalue weighted by molar-refractivity contribution is 6.30. The Kier molecular flexibility index (Phi) is 8.01. The molecule has 0 fully saturated rings. The van der Waals surface area contributed by atoms with E-state index in [2.05, 4.69) is 4.89 Å². The number of aromatic carboxylic acids is 1. The van der Waals surface area contributed by atoms with Crippen LogP contribution in [-0.4, -0.2) is 22.3 Å². The van der Waals surface area contributed by atoms with Gasteiger partial charge in [0.05, 0.1) is 0 Å². The number of carboxylic acids is 1. The lowest BCUT2D eigenvalue weighted by atomic mass is 10.1. The van der Waals surface area contributed by atoms with Crippen LogP contribution < -0.4 is 0 Å². The number of carboxylic acid groups (broad SMARTS) is 1. The molecule has 0 saturated heterocycles. The summed E-state index contributed by atoms with van der Waals surface area (Å²) in [5, 5.41) is 17.1. The Balaban J connectivity index is 0.000000277. The SMILES string of the molecule is CC(C)CCC(=O)OO.O=C(O)c1ccc(-c2ccc(Cl)cc2)o1. The van der Waals surface area contributed by atoms with Crippen LogP contribution in [0.2, 0.25) is 5.02 Å². The maximum absolute atomic E-state index is 10.6. The summed E-state index contributed by atoms with van der Waals surface area (Å²) in [5.41, 5.74) is 0.798. The zero-order valence-electron chi connectivity index (χ0n) is 13.4. The van der Waals surface area contributed by atoms with Crippen molar-refractivity contribution in [2.45, 2.75) is 26.7 Å². The normalized spacial score (nSPS) is 10.0. The fourth-order valence-corrected chi connectivity index (χ4v) is 1.80. The Bertz CT molecular complexity index is 660. The van der Waals surface area contributed by atoms with Gasteiger partial charge in [0.1, 0.15) is 5.76 Å². The van der Waals surface area contributed by atoms with Crippen LogP contribution in [0.5, 0.6) is 0 Å². The van der Waals surface area contributed by atoms with Gasteiger partial charge >= 0.3 is 11.9 Å². The van der Waals surface area contributed by atoms with Crippen molar-refractivity contribution in [3.8, 4) is 11.3 Å². The quantitative estimate of drug-likeness (QED) is 0.594. The molecular weight excluding hydrogens is 336 g/mol. The zero-order chi connectivity index (χ0) is 18.1. The van der Waals surface area contributed by atoms with Crippen LogP contribution in [0.15, 0.2) is 40.8 Å². The molecule has 130 valence electrons. The average Bonchev–Trinajstić information content (AvgIpc) is 3.04. The highest BCUT2D eigenvalue weighted by Crippen LogP contribution is 2.23. The van der Waals surface area contributed by atoms with Crippen molar-refractivity contribution in [2.75, 3.05) is 0 Å². The Hall–Kier alpha value is -2.31. The summed E-state index contributed by atoms with van der Waals surface area (Å²) >= 11 is 5.73. The fraction of sp³-hybridized carbons (Fsp3) is 0.294. The average molecular weight is 355 g/mol. The van der Waals surface area contributed by atoms with E-state index in [9.17, 15) is 9.59 Å². The molecule has 0 bridgehead atoms. The molecule has 7 heteroatoms. The summed E-state index contributed by atoms with van der Waals surface area (Å²) in [4.78, 5) is 24.3. The minimum Gasteiger partial charge on any atom is -0.475 e. The second-order valence-corrected chi connectivity index (χ2v) is 5.81. The van der Waals surface area contributed by atoms with Crippen molar-refractivity contribution in [1.29, 1.82) is 0 Å². The number of carbonyl (C=O) groups is 2. The van der Waals surface area contributed by atoms with E-state index in [1.54, 1.807) is 30.3 Å². The topological polar surface area (TPSA) is 97.0 Å². The summed E-state index contributed by atoms with van der Waals surface area (Å²) in [7, 11) is 0. The molecule has 1 heterocycles. The summed E-state index contributed by atoms with van der Waals surface area (Å²) in [6, 6.07) is 10.0. The van der Waals surface area contributed by atoms with E-state index in [-0.39, 0.29) is 5.76 Å². The van der Waals surface area contributed by atoms with Gasteiger partial charge in [-0.3, -0.25) is 0 Å². The lowest BCUT2D eigenvalue weighted by Crippen LogP contribution is -2.01. The van der Waals surface area contributed by atoms with Crippen LogP contribution in [0.4, 0.5) is 0 Å². The van der Waals surface area contributed by atoms with Crippen LogP contribution in [0.25, 0.3) is 11.3 Å². The number of carbonyl (C=O) groups excluding carboxylic acids is 1. The molecule has 0 amide bonds. The van der Waals surface area contributed by atoms with Gasteiger partial charge in [0, 0.05) is 17.0 Å². The van der Waals surface area contributed by atoms with Crippen molar-refractivity contribution in [1.82, 2.24) is 0 Å².